The maximum absolute atomic E-state index is 12.4. The molecular weight excluding hydrogens is 296 g/mol. The molecule has 0 aromatic carbocycles. The molecule has 22 heavy (non-hydrogen) atoms. The molecule has 0 bridgehead atoms. The molecule has 124 valence electrons. The first kappa shape index (κ1) is 17.4. The molecule has 5 heteroatoms. The Balaban J connectivity index is 1.99. The van der Waals surface area contributed by atoms with Crippen molar-refractivity contribution in [3.8, 4) is 0 Å². The van der Waals surface area contributed by atoms with Crippen molar-refractivity contribution in [2.45, 2.75) is 40.0 Å². The Morgan fingerprint density at radius 2 is 1.86 bits per heavy atom. The highest BCUT2D eigenvalue weighted by molar-refractivity contribution is 7.81. The molecule has 0 aromatic rings. The normalized spacial score (nSPS) is 24.8. The number of nitrogens with zero attached hydrogens (tertiary/aromatic N) is 2. The van der Waals surface area contributed by atoms with Crippen molar-refractivity contribution >= 4 is 16.9 Å². The van der Waals surface area contributed by atoms with Gasteiger partial charge in [-0.1, -0.05) is 25.5 Å². The molecule has 0 aromatic heterocycles. The number of hydrogen-bond donors (Lipinski definition) is 0. The van der Waals surface area contributed by atoms with E-state index in [-0.39, 0.29) is 11.3 Å². The summed E-state index contributed by atoms with van der Waals surface area (Å²) in [5.74, 6) is 0.0724. The summed E-state index contributed by atoms with van der Waals surface area (Å²) in [7, 11) is -0.933. The Hall–Kier alpha value is -0.940. The van der Waals surface area contributed by atoms with Gasteiger partial charge in [0, 0.05) is 38.5 Å². The average molecular weight is 324 g/mol. The fourth-order valence-electron chi connectivity index (χ4n) is 3.44. The van der Waals surface area contributed by atoms with Crippen LogP contribution in [-0.2, 0) is 15.8 Å². The number of carbonyl (C=O) groups excluding carboxylic acids is 1. The first-order valence-corrected chi connectivity index (χ1v) is 9.58. The Morgan fingerprint density at radius 1 is 1.23 bits per heavy atom. The van der Waals surface area contributed by atoms with E-state index in [1.807, 2.05) is 15.3 Å². The number of allylic oxidation sites excluding steroid dienone is 3. The van der Waals surface area contributed by atoms with Gasteiger partial charge in [-0.3, -0.25) is 4.79 Å². The molecule has 2 rings (SSSR count). The Morgan fingerprint density at radius 3 is 2.41 bits per heavy atom. The van der Waals surface area contributed by atoms with E-state index in [2.05, 4.69) is 20.8 Å². The van der Waals surface area contributed by atoms with Crippen LogP contribution in [0.1, 0.15) is 40.0 Å². The van der Waals surface area contributed by atoms with Crippen LogP contribution in [0.5, 0.6) is 0 Å². The fourth-order valence-corrected chi connectivity index (χ4v) is 4.11. The molecule has 1 unspecified atom stereocenters. The maximum atomic E-state index is 12.4. The van der Waals surface area contributed by atoms with Gasteiger partial charge in [0.15, 0.2) is 0 Å². The smallest absolute Gasteiger partial charge is 0.246 e. The van der Waals surface area contributed by atoms with Crippen molar-refractivity contribution in [1.29, 1.82) is 0 Å². The van der Waals surface area contributed by atoms with Gasteiger partial charge in [0.25, 0.3) is 0 Å². The summed E-state index contributed by atoms with van der Waals surface area (Å²) in [5, 5.41) is 0. The van der Waals surface area contributed by atoms with Crippen LogP contribution in [0.25, 0.3) is 0 Å². The van der Waals surface area contributed by atoms with Gasteiger partial charge in [0.05, 0.1) is 11.0 Å². The number of carbonyl (C=O) groups is 1. The minimum atomic E-state index is -0.933. The predicted octanol–water partition coefficient (Wildman–Crippen LogP) is 2.51. The van der Waals surface area contributed by atoms with E-state index in [0.29, 0.717) is 26.2 Å². The predicted molar refractivity (Wildman–Crippen MR) is 91.7 cm³/mol. The lowest BCUT2D eigenvalue weighted by Crippen LogP contribution is -2.48. The van der Waals surface area contributed by atoms with Crippen molar-refractivity contribution in [2.24, 2.45) is 5.41 Å². The topological polar surface area (TPSA) is 40.6 Å². The molecule has 1 atom stereocenters. The summed E-state index contributed by atoms with van der Waals surface area (Å²) in [6, 6.07) is 0. The highest BCUT2D eigenvalue weighted by Crippen LogP contribution is 2.40. The number of piperazine rings is 1. The van der Waals surface area contributed by atoms with Gasteiger partial charge in [-0.05, 0) is 37.2 Å². The molecule has 1 amide bonds. The van der Waals surface area contributed by atoms with E-state index in [9.17, 15) is 9.00 Å². The third-order valence-corrected chi connectivity index (χ3v) is 5.94. The van der Waals surface area contributed by atoms with Crippen LogP contribution in [0.3, 0.4) is 0 Å². The number of hydrogen-bond acceptors (Lipinski definition) is 2. The summed E-state index contributed by atoms with van der Waals surface area (Å²) in [5.41, 5.74) is 2.89. The van der Waals surface area contributed by atoms with Crippen LogP contribution in [0.4, 0.5) is 0 Å². The molecule has 0 radical (unpaired) electrons. The van der Waals surface area contributed by atoms with Gasteiger partial charge in [0.2, 0.25) is 5.91 Å². The minimum absolute atomic E-state index is 0.0724. The molecule has 0 spiro atoms. The molecule has 1 saturated heterocycles. The summed E-state index contributed by atoms with van der Waals surface area (Å²) in [6.45, 7) is 9.39. The van der Waals surface area contributed by atoms with Crippen LogP contribution in [-0.4, -0.2) is 51.8 Å². The van der Waals surface area contributed by atoms with Gasteiger partial charge in [-0.25, -0.2) is 8.51 Å². The van der Waals surface area contributed by atoms with Gasteiger partial charge < -0.3 is 4.90 Å². The quantitative estimate of drug-likeness (QED) is 0.749. The van der Waals surface area contributed by atoms with E-state index < -0.39 is 11.0 Å². The third kappa shape index (κ3) is 4.07. The summed E-state index contributed by atoms with van der Waals surface area (Å²) in [6.07, 6.45) is 9.00. The molecular formula is C17H28N2O2S. The second-order valence-electron chi connectivity index (χ2n) is 6.94. The largest absolute Gasteiger partial charge is 0.337 e. The van der Waals surface area contributed by atoms with Gasteiger partial charge >= 0.3 is 0 Å². The number of rotatable bonds is 3. The van der Waals surface area contributed by atoms with Crippen LogP contribution in [0.2, 0.25) is 0 Å². The molecule has 1 fully saturated rings. The molecule has 1 aliphatic heterocycles. The first-order valence-electron chi connectivity index (χ1n) is 8.07. The fraction of sp³-hybridized carbons (Fsp3) is 0.706. The highest BCUT2D eigenvalue weighted by Gasteiger charge is 2.27. The van der Waals surface area contributed by atoms with E-state index in [0.717, 1.165) is 6.42 Å². The van der Waals surface area contributed by atoms with E-state index in [1.54, 1.807) is 12.3 Å². The van der Waals surface area contributed by atoms with Crippen molar-refractivity contribution in [3.63, 3.8) is 0 Å². The average Bonchev–Trinajstić information content (AvgIpc) is 2.46. The zero-order valence-electron chi connectivity index (χ0n) is 14.2. The van der Waals surface area contributed by atoms with E-state index in [4.69, 9.17) is 0 Å². The standard InChI is InChI=1S/C17H28N2O2S/c1-14-6-5-9-17(2,3)15(14)7-8-16(20)18-10-12-19(13-11-18)22(4)21/h7-8H,5-6,9-13H2,1-4H3/b8-7+. The maximum Gasteiger partial charge on any atom is 0.246 e. The summed E-state index contributed by atoms with van der Waals surface area (Å²) in [4.78, 5) is 14.2. The Labute approximate surface area is 136 Å². The monoisotopic (exact) mass is 324 g/mol. The molecule has 1 aliphatic carbocycles. The van der Waals surface area contributed by atoms with Crippen molar-refractivity contribution in [2.75, 3.05) is 32.4 Å². The van der Waals surface area contributed by atoms with Crippen LogP contribution < -0.4 is 0 Å². The molecule has 0 saturated carbocycles. The molecule has 4 nitrogen and oxygen atoms in total. The lowest BCUT2D eigenvalue weighted by Gasteiger charge is -2.34. The lowest BCUT2D eigenvalue weighted by atomic mass is 9.72. The van der Waals surface area contributed by atoms with Crippen LogP contribution in [0, 0.1) is 5.41 Å². The highest BCUT2D eigenvalue weighted by atomic mass is 32.2. The molecule has 2 aliphatic rings. The minimum Gasteiger partial charge on any atom is -0.337 e. The lowest BCUT2D eigenvalue weighted by molar-refractivity contribution is -0.127. The third-order valence-electron chi connectivity index (χ3n) is 4.85. The van der Waals surface area contributed by atoms with Gasteiger partial charge in [0.1, 0.15) is 0 Å². The second kappa shape index (κ2) is 7.09. The van der Waals surface area contributed by atoms with Crippen molar-refractivity contribution < 1.29 is 9.00 Å². The van der Waals surface area contributed by atoms with Crippen molar-refractivity contribution in [3.05, 3.63) is 23.3 Å². The first-order chi connectivity index (χ1) is 10.3. The molecule has 1 heterocycles. The Kier molecular flexibility index (Phi) is 5.61. The number of amides is 1. The van der Waals surface area contributed by atoms with E-state index in [1.165, 1.54) is 24.0 Å². The summed E-state index contributed by atoms with van der Waals surface area (Å²) < 4.78 is 13.3. The summed E-state index contributed by atoms with van der Waals surface area (Å²) >= 11 is 0. The second-order valence-corrected chi connectivity index (χ2v) is 8.31. The zero-order valence-corrected chi connectivity index (χ0v) is 15.0. The van der Waals surface area contributed by atoms with Crippen LogP contribution >= 0.6 is 0 Å². The van der Waals surface area contributed by atoms with E-state index >= 15 is 0 Å². The molecule has 0 N–H and O–H groups in total. The van der Waals surface area contributed by atoms with Crippen LogP contribution in [0.15, 0.2) is 23.3 Å². The SMILES string of the molecule is CC1=C(/C=C/C(=O)N2CCN(S(C)=O)CC2)C(C)(C)CCC1. The van der Waals surface area contributed by atoms with Gasteiger partial charge in [-0.15, -0.1) is 0 Å². The zero-order chi connectivity index (χ0) is 16.3. The van der Waals surface area contributed by atoms with Crippen molar-refractivity contribution in [1.82, 2.24) is 9.21 Å². The van der Waals surface area contributed by atoms with Gasteiger partial charge in [-0.2, -0.15) is 0 Å². The Bertz CT molecular complexity index is 515.